The number of aliphatic hydroxyl groups is 1. The molecule has 1 amide bonds. The molecular formula is C10H11NO2S. The lowest BCUT2D eigenvalue weighted by Gasteiger charge is -2.33. The summed E-state index contributed by atoms with van der Waals surface area (Å²) in [7, 11) is 0. The van der Waals surface area contributed by atoms with Crippen molar-refractivity contribution in [3.63, 3.8) is 0 Å². The van der Waals surface area contributed by atoms with Crippen LogP contribution < -0.4 is 0 Å². The van der Waals surface area contributed by atoms with Gasteiger partial charge < -0.3 is 10.0 Å². The number of hydrogen-bond donors (Lipinski definition) is 1. The minimum atomic E-state index is -0.462. The van der Waals surface area contributed by atoms with Crippen molar-refractivity contribution in [1.82, 2.24) is 4.90 Å². The number of carbonyl (C=O) groups is 1. The number of aliphatic hydroxyl groups excluding tert-OH is 1. The van der Waals surface area contributed by atoms with E-state index in [1.54, 1.807) is 11.3 Å². The molecule has 2 atom stereocenters. The maximum Gasteiger partial charge on any atom is 0.223 e. The average molecular weight is 209 g/mol. The van der Waals surface area contributed by atoms with Crippen molar-refractivity contribution in [3.05, 3.63) is 21.9 Å². The molecule has 0 saturated carbocycles. The summed E-state index contributed by atoms with van der Waals surface area (Å²) in [5.41, 5.74) is 1.03. The first-order valence-electron chi connectivity index (χ1n) is 4.81. The first-order chi connectivity index (χ1) is 6.77. The Balaban J connectivity index is 2.04. The molecule has 1 aromatic rings. The molecule has 3 rings (SSSR count). The summed E-state index contributed by atoms with van der Waals surface area (Å²) < 4.78 is 0. The highest BCUT2D eigenvalue weighted by Crippen LogP contribution is 2.39. The van der Waals surface area contributed by atoms with Crippen LogP contribution in [-0.2, 0) is 11.3 Å². The van der Waals surface area contributed by atoms with Crippen LogP contribution in [-0.4, -0.2) is 22.0 Å². The summed E-state index contributed by atoms with van der Waals surface area (Å²) >= 11 is 1.63. The van der Waals surface area contributed by atoms with Crippen LogP contribution in [0.15, 0.2) is 11.4 Å². The molecule has 2 aliphatic rings. The third-order valence-corrected chi connectivity index (χ3v) is 4.07. The second-order valence-corrected chi connectivity index (χ2v) is 4.87. The number of rotatable bonds is 0. The molecule has 3 nitrogen and oxygen atoms in total. The van der Waals surface area contributed by atoms with Gasteiger partial charge in [0.1, 0.15) is 6.10 Å². The van der Waals surface area contributed by atoms with Gasteiger partial charge in [0, 0.05) is 11.3 Å². The van der Waals surface area contributed by atoms with E-state index in [1.807, 2.05) is 16.3 Å². The fourth-order valence-electron chi connectivity index (χ4n) is 2.39. The summed E-state index contributed by atoms with van der Waals surface area (Å²) in [6.07, 6.45) is 0.933. The largest absolute Gasteiger partial charge is 0.386 e. The Morgan fingerprint density at radius 1 is 1.57 bits per heavy atom. The average Bonchev–Trinajstić information content (AvgIpc) is 2.75. The lowest BCUT2D eigenvalue weighted by atomic mass is 9.97. The number of hydrogen-bond acceptors (Lipinski definition) is 3. The highest BCUT2D eigenvalue weighted by molar-refractivity contribution is 7.10. The van der Waals surface area contributed by atoms with E-state index in [-0.39, 0.29) is 11.9 Å². The Morgan fingerprint density at radius 2 is 2.43 bits per heavy atom. The van der Waals surface area contributed by atoms with E-state index >= 15 is 0 Å². The molecule has 2 aliphatic heterocycles. The van der Waals surface area contributed by atoms with E-state index in [0.29, 0.717) is 13.0 Å². The van der Waals surface area contributed by atoms with Crippen LogP contribution in [0.3, 0.4) is 0 Å². The molecular weight excluding hydrogens is 198 g/mol. The standard InChI is InChI=1S/C10H11NO2S/c12-9-2-1-7-10(13)6-3-4-14-8(6)5-11(7)9/h3-4,7,10,13H,1-2,5H2. The molecule has 74 valence electrons. The van der Waals surface area contributed by atoms with E-state index in [4.69, 9.17) is 0 Å². The predicted molar refractivity (Wildman–Crippen MR) is 52.9 cm³/mol. The van der Waals surface area contributed by atoms with E-state index in [2.05, 4.69) is 0 Å². The Morgan fingerprint density at radius 3 is 3.29 bits per heavy atom. The minimum absolute atomic E-state index is 0.0320. The fraction of sp³-hybridized carbons (Fsp3) is 0.500. The summed E-state index contributed by atoms with van der Waals surface area (Å²) in [6.45, 7) is 0.702. The molecule has 1 fully saturated rings. The molecule has 3 heterocycles. The van der Waals surface area contributed by atoms with Gasteiger partial charge >= 0.3 is 0 Å². The third kappa shape index (κ3) is 0.980. The summed E-state index contributed by atoms with van der Waals surface area (Å²) in [5, 5.41) is 12.0. The summed E-state index contributed by atoms with van der Waals surface area (Å²) in [4.78, 5) is 14.5. The normalized spacial score (nSPS) is 30.4. The topological polar surface area (TPSA) is 40.5 Å². The van der Waals surface area contributed by atoms with Crippen molar-refractivity contribution in [1.29, 1.82) is 0 Å². The second kappa shape index (κ2) is 2.81. The molecule has 0 bridgehead atoms. The van der Waals surface area contributed by atoms with Crippen molar-refractivity contribution in [2.75, 3.05) is 0 Å². The van der Waals surface area contributed by atoms with Gasteiger partial charge in [-0.15, -0.1) is 11.3 Å². The lowest BCUT2D eigenvalue weighted by Crippen LogP contribution is -2.40. The predicted octanol–water partition coefficient (Wildman–Crippen LogP) is 1.29. The van der Waals surface area contributed by atoms with Crippen LogP contribution in [0.25, 0.3) is 0 Å². The third-order valence-electron chi connectivity index (χ3n) is 3.15. The SMILES string of the molecule is O=C1CCC2C(O)c3ccsc3CN12. The Hall–Kier alpha value is -0.870. The molecule has 1 aromatic heterocycles. The van der Waals surface area contributed by atoms with Crippen LogP contribution in [0.5, 0.6) is 0 Å². The lowest BCUT2D eigenvalue weighted by molar-refractivity contribution is -0.131. The quantitative estimate of drug-likeness (QED) is 0.699. The van der Waals surface area contributed by atoms with E-state index in [1.165, 1.54) is 0 Å². The maximum absolute atomic E-state index is 11.5. The zero-order chi connectivity index (χ0) is 9.71. The number of carbonyl (C=O) groups excluding carboxylic acids is 1. The van der Waals surface area contributed by atoms with Gasteiger partial charge in [-0.25, -0.2) is 0 Å². The van der Waals surface area contributed by atoms with Gasteiger partial charge in [0.25, 0.3) is 0 Å². The molecule has 0 spiro atoms. The van der Waals surface area contributed by atoms with Crippen molar-refractivity contribution in [2.45, 2.75) is 31.5 Å². The molecule has 0 radical (unpaired) electrons. The van der Waals surface area contributed by atoms with Crippen LogP contribution in [0, 0.1) is 0 Å². The summed E-state index contributed by atoms with van der Waals surface area (Å²) in [5.74, 6) is 0.188. The zero-order valence-corrected chi connectivity index (χ0v) is 8.46. The van der Waals surface area contributed by atoms with Gasteiger partial charge in [0.2, 0.25) is 5.91 Å². The molecule has 4 heteroatoms. The van der Waals surface area contributed by atoms with E-state index < -0.39 is 6.10 Å². The fourth-order valence-corrected chi connectivity index (χ4v) is 3.31. The van der Waals surface area contributed by atoms with Gasteiger partial charge in [-0.05, 0) is 23.4 Å². The summed E-state index contributed by atoms with van der Waals surface area (Å²) in [6, 6.07) is 2.01. The smallest absolute Gasteiger partial charge is 0.223 e. The van der Waals surface area contributed by atoms with Gasteiger partial charge in [-0.3, -0.25) is 4.79 Å². The molecule has 2 unspecified atom stereocenters. The Kier molecular flexibility index (Phi) is 1.69. The number of amides is 1. The van der Waals surface area contributed by atoms with E-state index in [9.17, 15) is 9.90 Å². The zero-order valence-electron chi connectivity index (χ0n) is 7.64. The maximum atomic E-state index is 11.5. The van der Waals surface area contributed by atoms with Crippen molar-refractivity contribution >= 4 is 17.2 Å². The first kappa shape index (κ1) is 8.44. The molecule has 1 saturated heterocycles. The molecule has 1 N–H and O–H groups in total. The monoisotopic (exact) mass is 209 g/mol. The Labute approximate surface area is 86.0 Å². The Bertz CT molecular complexity index is 387. The van der Waals surface area contributed by atoms with Crippen LogP contribution >= 0.6 is 11.3 Å². The van der Waals surface area contributed by atoms with Gasteiger partial charge in [-0.2, -0.15) is 0 Å². The number of nitrogens with zero attached hydrogens (tertiary/aromatic N) is 1. The van der Waals surface area contributed by atoms with E-state index in [0.717, 1.165) is 16.9 Å². The van der Waals surface area contributed by atoms with Crippen molar-refractivity contribution < 1.29 is 9.90 Å². The van der Waals surface area contributed by atoms with Crippen LogP contribution in [0.1, 0.15) is 29.4 Å². The van der Waals surface area contributed by atoms with Crippen LogP contribution in [0.2, 0.25) is 0 Å². The van der Waals surface area contributed by atoms with Gasteiger partial charge in [-0.1, -0.05) is 0 Å². The first-order valence-corrected chi connectivity index (χ1v) is 5.69. The van der Waals surface area contributed by atoms with Crippen LogP contribution in [0.4, 0.5) is 0 Å². The molecule has 0 aliphatic carbocycles. The highest BCUT2D eigenvalue weighted by Gasteiger charge is 2.41. The second-order valence-electron chi connectivity index (χ2n) is 3.87. The highest BCUT2D eigenvalue weighted by atomic mass is 32.1. The van der Waals surface area contributed by atoms with Crippen molar-refractivity contribution in [2.24, 2.45) is 0 Å². The number of thiophene rings is 1. The minimum Gasteiger partial charge on any atom is -0.386 e. The van der Waals surface area contributed by atoms with Gasteiger partial charge in [0.05, 0.1) is 12.6 Å². The number of fused-ring (bicyclic) bond motifs is 2. The van der Waals surface area contributed by atoms with Gasteiger partial charge in [0.15, 0.2) is 0 Å². The van der Waals surface area contributed by atoms with Crippen molar-refractivity contribution in [3.8, 4) is 0 Å². The molecule has 14 heavy (non-hydrogen) atoms. The molecule has 0 aromatic carbocycles.